The molecular formula is C44H74ClN7NiO12P4. The van der Waals surface area contributed by atoms with E-state index in [0.717, 1.165) is 12.8 Å². The van der Waals surface area contributed by atoms with Gasteiger partial charge in [-0.25, -0.2) is 14.3 Å². The fourth-order valence-electron chi connectivity index (χ4n) is 5.89. The summed E-state index contributed by atoms with van der Waals surface area (Å²) in [6, 6.07) is 4.21. The van der Waals surface area contributed by atoms with Gasteiger partial charge in [0.2, 0.25) is 0 Å². The van der Waals surface area contributed by atoms with E-state index in [9.17, 15) is 33.4 Å². The fourth-order valence-corrected chi connectivity index (χ4v) is 9.24. The van der Waals surface area contributed by atoms with Crippen molar-refractivity contribution in [2.24, 2.45) is 0 Å². The fraction of sp³-hybridized carbons (Fsp3) is 0.636. The van der Waals surface area contributed by atoms with Crippen molar-refractivity contribution in [3.8, 4) is 12.1 Å². The van der Waals surface area contributed by atoms with Crippen LogP contribution in [0, 0.1) is 50.4 Å². The molecule has 0 amide bonds. The molecule has 0 spiro atoms. The van der Waals surface area contributed by atoms with E-state index in [1.165, 1.54) is 21.5 Å². The quantitative estimate of drug-likeness (QED) is 0.0579. The second-order valence-corrected chi connectivity index (χ2v) is 25.3. The van der Waals surface area contributed by atoms with Crippen LogP contribution < -0.4 is 22.5 Å². The molecule has 2 aromatic rings. The Labute approximate surface area is 426 Å². The molecule has 0 aliphatic carbocycles. The van der Waals surface area contributed by atoms with Crippen molar-refractivity contribution in [2.45, 2.75) is 143 Å². The van der Waals surface area contributed by atoms with Gasteiger partial charge in [0.25, 0.3) is 19.6 Å². The molecule has 2 fully saturated rings. The van der Waals surface area contributed by atoms with Crippen LogP contribution in [0.4, 0.5) is 0 Å². The van der Waals surface area contributed by atoms with E-state index in [4.69, 9.17) is 40.3 Å². The van der Waals surface area contributed by atoms with Crippen molar-refractivity contribution in [3.63, 3.8) is 0 Å². The van der Waals surface area contributed by atoms with Crippen LogP contribution in [-0.4, -0.2) is 105 Å². The molecule has 2 unspecified atom stereocenters. The number of aromatic amines is 2. The summed E-state index contributed by atoms with van der Waals surface area (Å²) in [5.74, 6) is 3.21. The maximum absolute atomic E-state index is 12.6. The van der Waals surface area contributed by atoms with Crippen LogP contribution in [0.15, 0.2) is 55.4 Å². The van der Waals surface area contributed by atoms with Crippen LogP contribution in [0.1, 0.15) is 104 Å². The third-order valence-electron chi connectivity index (χ3n) is 8.63. The second kappa shape index (κ2) is 35.7. The van der Waals surface area contributed by atoms with Gasteiger partial charge < -0.3 is 51.1 Å². The van der Waals surface area contributed by atoms with Crippen LogP contribution in [-0.2, 0) is 48.7 Å². The minimum absolute atomic E-state index is 0. The maximum atomic E-state index is 12.6. The number of hydrogen-bond donors (Lipinski definition) is 3. The molecule has 25 heteroatoms. The first-order valence-electron chi connectivity index (χ1n) is 22.0. The topological polar surface area (TPSA) is 261 Å². The molecule has 0 aromatic carbocycles. The minimum Gasteiger partial charge on any atom is -0.388 e. The molecule has 4 rings (SSSR count). The number of aliphatic hydroxyl groups is 1. The normalized spacial score (nSPS) is 20.5. The number of nitrogens with zero attached hydrogens (tertiary/aromatic N) is 5. The number of nitriles is 2. The summed E-state index contributed by atoms with van der Waals surface area (Å²) in [7, 11) is -6.32. The minimum atomic E-state index is -2.42. The average Bonchev–Trinajstić information content (AvgIpc) is 3.81. The summed E-state index contributed by atoms with van der Waals surface area (Å²) in [5, 5.41) is 26.9. The van der Waals surface area contributed by atoms with Crippen LogP contribution in [0.25, 0.3) is 0 Å². The summed E-state index contributed by atoms with van der Waals surface area (Å²) in [6.45, 7) is 29.6. The number of H-pyrrole nitrogens is 2. The standard InChI is InChI=1S/C22H36N4O6P2.C13H19N2O5P.C3H5ClNOP.2C3H7.Ni/c1-15(2)26(16(3)4)33(30-11-8-10-23)32-19-13-18(9-12-34(6,7)29)31-21(19)25-14-17(5)20(27)24-22(25)28;1-8-7-15(13(18)14-11(8)17)12-10(16)6-9(20-12)4-5-21(2,3)19;4-7-6-3-1-2-5;2*1-3-2;/h9,12,14-16,18-19,21H,8,11,13H2,1-7H3,(H,24,27,28);4-5,7,9-10,12,16H,6H2,1-3H3,(H,14,17,18);7H,1,3H2;2*1,3H2,2H3;/q;;;2*-1;+2/b12-9+;5-4+;;;;/t18-,19+,21-,33?;9-,10+,12-;;;;/m11..../s1. The molecule has 2 aromatic heterocycles. The van der Waals surface area contributed by atoms with Crippen molar-refractivity contribution >= 4 is 42.2 Å². The molecule has 0 radical (unpaired) electrons. The number of nitrogens with one attached hydrogen (secondary N) is 2. The van der Waals surface area contributed by atoms with Crippen molar-refractivity contribution in [2.75, 3.05) is 39.9 Å². The van der Waals surface area contributed by atoms with Gasteiger partial charge in [-0.3, -0.25) is 28.7 Å². The van der Waals surface area contributed by atoms with Crippen molar-refractivity contribution < 1.29 is 53.8 Å². The van der Waals surface area contributed by atoms with Crippen molar-refractivity contribution in [1.82, 2.24) is 23.8 Å². The Balaban J connectivity index is 0. The van der Waals surface area contributed by atoms with Crippen molar-refractivity contribution in [3.05, 3.63) is 103 Å². The Kier molecular flexibility index (Phi) is 35.6. The van der Waals surface area contributed by atoms with Gasteiger partial charge in [0.15, 0.2) is 12.5 Å². The number of hydrogen-bond acceptors (Lipinski definition) is 15. The zero-order valence-corrected chi connectivity index (χ0v) is 47.3. The van der Waals surface area contributed by atoms with Gasteiger partial charge in [-0.1, -0.05) is 37.2 Å². The molecule has 2 aliphatic rings. The average molecular weight is 1110 g/mol. The van der Waals surface area contributed by atoms with Crippen LogP contribution in [0.3, 0.4) is 0 Å². The predicted molar refractivity (Wildman–Crippen MR) is 274 cm³/mol. The van der Waals surface area contributed by atoms with E-state index >= 15 is 0 Å². The summed E-state index contributed by atoms with van der Waals surface area (Å²) in [5.41, 5.74) is -1.43. The molecule has 8 atom stereocenters. The van der Waals surface area contributed by atoms with Gasteiger partial charge in [-0.15, -0.1) is 0 Å². The smallest absolute Gasteiger partial charge is 0.388 e. The Morgan fingerprint density at radius 2 is 1.26 bits per heavy atom. The maximum Gasteiger partial charge on any atom is 2.00 e. The molecular weight excluding hydrogens is 1040 g/mol. The Morgan fingerprint density at radius 1 is 0.855 bits per heavy atom. The van der Waals surface area contributed by atoms with Crippen molar-refractivity contribution in [1.29, 1.82) is 10.5 Å². The molecule has 0 bridgehead atoms. The first kappa shape index (κ1) is 68.7. The molecule has 3 N–H and O–H groups in total. The van der Waals surface area contributed by atoms with Gasteiger partial charge in [0.1, 0.15) is 34.7 Å². The van der Waals surface area contributed by atoms with E-state index in [0.29, 0.717) is 37.0 Å². The Bertz CT molecular complexity index is 2270. The zero-order chi connectivity index (χ0) is 52.4. The molecule has 69 heavy (non-hydrogen) atoms. The Hall–Kier alpha value is -2.36. The molecule has 0 saturated carbocycles. The van der Waals surface area contributed by atoms with Gasteiger partial charge >= 0.3 is 27.9 Å². The second-order valence-electron chi connectivity index (χ2n) is 16.7. The molecule has 394 valence electrons. The number of aliphatic hydroxyl groups excluding tert-OH is 1. The third kappa shape index (κ3) is 27.3. The zero-order valence-electron chi connectivity index (χ0n) is 41.9. The summed E-state index contributed by atoms with van der Waals surface area (Å²) >= 11 is 5.13. The SMILES string of the molecule is Cc1cn([C@@H]2O[C@H](/C=C/P(C)(C)=O)C[C@@H]2O)c(=O)[nH]c1=O.Cc1cn([C@@H]2O[C@H](/C=C/P(C)(C)=O)C[C@@H]2OP(OCCC#N)N(C(C)C)C(C)C)c(=O)[nH]c1=O.N#CCCOPCl.[CH2-]CC.[CH2-]CC.[Ni+2]. The molecule has 19 nitrogen and oxygen atoms in total. The largest absolute Gasteiger partial charge is 2.00 e. The van der Waals surface area contributed by atoms with Gasteiger partial charge in [-0.2, -0.15) is 23.4 Å². The monoisotopic (exact) mass is 1110 g/mol. The van der Waals surface area contributed by atoms with E-state index in [2.05, 4.69) is 39.1 Å². The van der Waals surface area contributed by atoms with Gasteiger partial charge in [0, 0.05) is 48.4 Å². The summed E-state index contributed by atoms with van der Waals surface area (Å²) in [6.07, 6.45) is 5.55. The summed E-state index contributed by atoms with van der Waals surface area (Å²) in [4.78, 5) is 52.2. The molecule has 2 saturated heterocycles. The van der Waals surface area contributed by atoms with E-state index in [1.807, 2.05) is 47.6 Å². The number of ether oxygens (including phenoxy) is 2. The van der Waals surface area contributed by atoms with E-state index in [-0.39, 0.29) is 49.8 Å². The van der Waals surface area contributed by atoms with Crippen LogP contribution >= 0.6 is 42.2 Å². The van der Waals surface area contributed by atoms with Crippen LogP contribution in [0.2, 0.25) is 0 Å². The van der Waals surface area contributed by atoms with Gasteiger partial charge in [-0.05, 0) is 79.8 Å². The predicted octanol–water partition coefficient (Wildman–Crippen LogP) is 8.68. The Morgan fingerprint density at radius 3 is 1.67 bits per heavy atom. The third-order valence-corrected chi connectivity index (χ3v) is 13.2. The molecule has 4 heterocycles. The van der Waals surface area contributed by atoms with Crippen LogP contribution in [0.5, 0.6) is 0 Å². The number of rotatable bonds is 17. The first-order valence-corrected chi connectivity index (χ1v) is 30.4. The molecule has 2 aliphatic heterocycles. The number of aryl methyl sites for hydroxylation is 2. The number of aromatic nitrogens is 4. The summed E-state index contributed by atoms with van der Waals surface area (Å²) < 4.78 is 57.3. The van der Waals surface area contributed by atoms with E-state index < -0.39 is 82.2 Å². The van der Waals surface area contributed by atoms with Gasteiger partial charge in [0.05, 0.1) is 50.4 Å². The number of halogens is 1. The first-order chi connectivity index (χ1) is 31.7. The van der Waals surface area contributed by atoms with E-state index in [1.54, 1.807) is 64.3 Å².